The first-order valence-corrected chi connectivity index (χ1v) is 7.82. The van der Waals surface area contributed by atoms with Crippen LogP contribution in [0.15, 0.2) is 0 Å². The quantitative estimate of drug-likeness (QED) is 0.864. The molecule has 1 saturated heterocycles. The number of halogens is 1. The minimum atomic E-state index is 0.849. The lowest BCUT2D eigenvalue weighted by atomic mass is 10.1. The summed E-state index contributed by atoms with van der Waals surface area (Å²) >= 11 is 8.34. The van der Waals surface area contributed by atoms with E-state index in [-0.39, 0.29) is 0 Å². The zero-order valence-electron chi connectivity index (χ0n) is 10.5. The number of thioether (sulfide) groups is 1. The Morgan fingerprint density at radius 1 is 1.47 bits per heavy atom. The van der Waals surface area contributed by atoms with Gasteiger partial charge in [-0.1, -0.05) is 18.5 Å². The molecule has 17 heavy (non-hydrogen) atoms. The average Bonchev–Trinajstić information content (AvgIpc) is 2.59. The van der Waals surface area contributed by atoms with Crippen LogP contribution in [0.2, 0.25) is 5.02 Å². The highest BCUT2D eigenvalue weighted by Crippen LogP contribution is 2.26. The van der Waals surface area contributed by atoms with E-state index in [4.69, 9.17) is 11.6 Å². The van der Waals surface area contributed by atoms with E-state index < -0.39 is 0 Å². The van der Waals surface area contributed by atoms with Gasteiger partial charge in [0.25, 0.3) is 0 Å². The van der Waals surface area contributed by atoms with E-state index >= 15 is 0 Å². The van der Waals surface area contributed by atoms with Gasteiger partial charge in [-0.05, 0) is 38.1 Å². The largest absolute Gasteiger partial charge is 0.316 e. The van der Waals surface area contributed by atoms with Crippen LogP contribution in [0.3, 0.4) is 0 Å². The second-order valence-electron chi connectivity index (χ2n) is 4.42. The maximum Gasteiger partial charge on any atom is 0.0858 e. The first-order valence-electron chi connectivity index (χ1n) is 6.28. The van der Waals surface area contributed by atoms with Crippen LogP contribution in [0.1, 0.15) is 25.2 Å². The molecule has 0 aliphatic carbocycles. The molecule has 0 amide bonds. The Labute approximate surface area is 112 Å². The number of nitrogens with one attached hydrogen (secondary N) is 1. The van der Waals surface area contributed by atoms with Crippen molar-refractivity contribution in [2.75, 3.05) is 18.8 Å². The summed E-state index contributed by atoms with van der Waals surface area (Å²) in [7, 11) is 0. The van der Waals surface area contributed by atoms with Gasteiger partial charge in [-0.3, -0.25) is 4.68 Å². The van der Waals surface area contributed by atoms with E-state index in [0.29, 0.717) is 0 Å². The van der Waals surface area contributed by atoms with Crippen LogP contribution < -0.4 is 5.32 Å². The van der Waals surface area contributed by atoms with Gasteiger partial charge in [0.15, 0.2) is 0 Å². The third-order valence-electron chi connectivity index (χ3n) is 3.15. The van der Waals surface area contributed by atoms with Crippen molar-refractivity contribution in [1.29, 1.82) is 0 Å². The molecule has 0 atom stereocenters. The van der Waals surface area contributed by atoms with E-state index in [1.807, 2.05) is 16.4 Å². The molecule has 1 aromatic rings. The minimum Gasteiger partial charge on any atom is -0.316 e. The fourth-order valence-corrected chi connectivity index (χ4v) is 3.53. The molecule has 1 aliphatic heterocycles. The van der Waals surface area contributed by atoms with Crippen molar-refractivity contribution in [3.05, 3.63) is 16.4 Å². The lowest BCUT2D eigenvalue weighted by Gasteiger charge is -2.26. The third kappa shape index (κ3) is 2.98. The predicted octanol–water partition coefficient (Wildman–Crippen LogP) is 2.57. The summed E-state index contributed by atoms with van der Waals surface area (Å²) in [4.78, 5) is 0. The Morgan fingerprint density at radius 2 is 2.24 bits per heavy atom. The zero-order chi connectivity index (χ0) is 12.3. The summed E-state index contributed by atoms with van der Waals surface area (Å²) in [6.07, 6.45) is 0.913. The highest BCUT2D eigenvalue weighted by Gasteiger charge is 2.18. The Hall–Kier alpha value is -0.190. The fourth-order valence-electron chi connectivity index (χ4n) is 1.94. The predicted molar refractivity (Wildman–Crippen MR) is 74.8 cm³/mol. The van der Waals surface area contributed by atoms with E-state index in [1.54, 1.807) is 0 Å². The van der Waals surface area contributed by atoms with Crippen LogP contribution in [-0.4, -0.2) is 28.6 Å². The maximum absolute atomic E-state index is 6.36. The molecular formula is C12H20ClN3S. The van der Waals surface area contributed by atoms with Crippen molar-refractivity contribution in [2.45, 2.75) is 32.6 Å². The molecule has 1 aliphatic rings. The van der Waals surface area contributed by atoms with Crippen molar-refractivity contribution in [3.8, 4) is 0 Å². The number of hydrogen-bond acceptors (Lipinski definition) is 3. The van der Waals surface area contributed by atoms with Crippen LogP contribution in [0, 0.1) is 5.92 Å². The van der Waals surface area contributed by atoms with E-state index in [2.05, 4.69) is 24.3 Å². The molecule has 0 spiro atoms. The van der Waals surface area contributed by atoms with Crippen LogP contribution >= 0.6 is 23.4 Å². The van der Waals surface area contributed by atoms with Crippen molar-refractivity contribution in [3.63, 3.8) is 0 Å². The minimum absolute atomic E-state index is 0.849. The Morgan fingerprint density at radius 3 is 2.76 bits per heavy atom. The Bertz CT molecular complexity index is 374. The first-order chi connectivity index (χ1) is 8.26. The van der Waals surface area contributed by atoms with Crippen LogP contribution in [-0.2, 0) is 18.7 Å². The molecule has 1 aromatic heterocycles. The smallest absolute Gasteiger partial charge is 0.0858 e. The van der Waals surface area contributed by atoms with Gasteiger partial charge in [0.05, 0.1) is 16.4 Å². The highest BCUT2D eigenvalue weighted by atomic mass is 35.5. The van der Waals surface area contributed by atoms with Crippen molar-refractivity contribution in [2.24, 2.45) is 5.92 Å². The van der Waals surface area contributed by atoms with Gasteiger partial charge in [0.2, 0.25) is 0 Å². The topological polar surface area (TPSA) is 29.9 Å². The molecule has 1 N–H and O–H groups in total. The van der Waals surface area contributed by atoms with Crippen molar-refractivity contribution < 1.29 is 0 Å². The van der Waals surface area contributed by atoms with Crippen LogP contribution in [0.25, 0.3) is 0 Å². The van der Waals surface area contributed by atoms with Gasteiger partial charge < -0.3 is 5.32 Å². The number of hydrogen-bond donors (Lipinski definition) is 1. The second-order valence-corrected chi connectivity index (χ2v) is 5.82. The molecule has 0 aromatic carbocycles. The lowest BCUT2D eigenvalue weighted by Crippen LogP contribution is -2.43. The summed E-state index contributed by atoms with van der Waals surface area (Å²) in [6, 6.07) is 0. The van der Waals surface area contributed by atoms with Crippen molar-refractivity contribution >= 4 is 23.4 Å². The van der Waals surface area contributed by atoms with E-state index in [0.717, 1.165) is 35.4 Å². The van der Waals surface area contributed by atoms with E-state index in [1.165, 1.54) is 24.5 Å². The zero-order valence-corrected chi connectivity index (χ0v) is 12.1. The molecule has 96 valence electrons. The first kappa shape index (κ1) is 13.2. The Kier molecular flexibility index (Phi) is 4.77. The van der Waals surface area contributed by atoms with Gasteiger partial charge in [-0.25, -0.2) is 0 Å². The summed E-state index contributed by atoms with van der Waals surface area (Å²) in [5, 5.41) is 8.72. The van der Waals surface area contributed by atoms with Gasteiger partial charge in [-0.15, -0.1) is 0 Å². The standard InChI is InChI=1S/C12H20ClN3S/c1-3-10-12(13)11(16(4-2)15-10)8-17-7-9-5-14-6-9/h9,14H,3-8H2,1-2H3. The average molecular weight is 274 g/mol. The molecule has 2 heterocycles. The summed E-state index contributed by atoms with van der Waals surface area (Å²) in [5.41, 5.74) is 2.23. The van der Waals surface area contributed by atoms with Gasteiger partial charge in [0.1, 0.15) is 0 Å². The number of nitrogens with zero attached hydrogens (tertiary/aromatic N) is 2. The lowest BCUT2D eigenvalue weighted by molar-refractivity contribution is 0.385. The van der Waals surface area contributed by atoms with E-state index in [9.17, 15) is 0 Å². The van der Waals surface area contributed by atoms with Crippen molar-refractivity contribution in [1.82, 2.24) is 15.1 Å². The normalized spacial score (nSPS) is 16.2. The summed E-state index contributed by atoms with van der Waals surface area (Å²) < 4.78 is 2.05. The number of aryl methyl sites for hydroxylation is 2. The monoisotopic (exact) mass is 273 g/mol. The van der Waals surface area contributed by atoms with Gasteiger partial charge in [-0.2, -0.15) is 16.9 Å². The molecular weight excluding hydrogens is 254 g/mol. The molecule has 0 radical (unpaired) electrons. The summed E-state index contributed by atoms with van der Waals surface area (Å²) in [6.45, 7) is 7.47. The van der Waals surface area contributed by atoms with Gasteiger partial charge in [0, 0.05) is 12.3 Å². The second kappa shape index (κ2) is 6.12. The maximum atomic E-state index is 6.36. The molecule has 3 nitrogen and oxygen atoms in total. The molecule has 2 rings (SSSR count). The molecule has 0 saturated carbocycles. The molecule has 1 fully saturated rings. The molecule has 5 heteroatoms. The SMILES string of the molecule is CCc1nn(CC)c(CSCC2CNC2)c1Cl. The third-order valence-corrected chi connectivity index (χ3v) is 4.77. The molecule has 0 bridgehead atoms. The summed E-state index contributed by atoms with van der Waals surface area (Å²) in [5.74, 6) is 3.05. The highest BCUT2D eigenvalue weighted by molar-refractivity contribution is 7.98. The number of aromatic nitrogens is 2. The fraction of sp³-hybridized carbons (Fsp3) is 0.750. The van der Waals surface area contributed by atoms with Crippen LogP contribution in [0.4, 0.5) is 0 Å². The molecule has 0 unspecified atom stereocenters. The Balaban J connectivity index is 1.95. The number of rotatable bonds is 6. The van der Waals surface area contributed by atoms with Crippen LogP contribution in [0.5, 0.6) is 0 Å². The van der Waals surface area contributed by atoms with Gasteiger partial charge >= 0.3 is 0 Å².